The van der Waals surface area contributed by atoms with Gasteiger partial charge in [-0.3, -0.25) is 4.79 Å². The summed E-state index contributed by atoms with van der Waals surface area (Å²) in [5, 5.41) is 4.42. The number of anilines is 1. The van der Waals surface area contributed by atoms with Gasteiger partial charge in [0, 0.05) is 37.9 Å². The van der Waals surface area contributed by atoms with Crippen molar-refractivity contribution in [2.75, 3.05) is 38.3 Å². The number of benzene rings is 2. The molecule has 1 aliphatic rings. The second-order valence-electron chi connectivity index (χ2n) is 7.96. The van der Waals surface area contributed by atoms with E-state index >= 15 is 0 Å². The largest absolute Gasteiger partial charge is 0.383 e. The van der Waals surface area contributed by atoms with Crippen LogP contribution in [0.5, 0.6) is 0 Å². The van der Waals surface area contributed by atoms with Crippen LogP contribution in [0.15, 0.2) is 59.1 Å². The van der Waals surface area contributed by atoms with E-state index in [-0.39, 0.29) is 5.91 Å². The molecule has 1 fully saturated rings. The summed E-state index contributed by atoms with van der Waals surface area (Å²) in [4.78, 5) is 17.4. The van der Waals surface area contributed by atoms with Gasteiger partial charge in [-0.05, 0) is 31.9 Å². The Morgan fingerprint density at radius 1 is 1.10 bits per heavy atom. The van der Waals surface area contributed by atoms with Gasteiger partial charge in [0.1, 0.15) is 5.69 Å². The van der Waals surface area contributed by atoms with E-state index in [2.05, 4.69) is 10.1 Å². The fourth-order valence-corrected chi connectivity index (χ4v) is 3.96. The molecule has 31 heavy (non-hydrogen) atoms. The van der Waals surface area contributed by atoms with E-state index in [0.29, 0.717) is 25.3 Å². The summed E-state index contributed by atoms with van der Waals surface area (Å²) in [6.45, 7) is 5.27. The highest BCUT2D eigenvalue weighted by molar-refractivity contribution is 5.94. The van der Waals surface area contributed by atoms with Crippen LogP contribution < -0.4 is 4.90 Å². The molecule has 0 spiro atoms. The zero-order valence-electron chi connectivity index (χ0n) is 18.2. The summed E-state index contributed by atoms with van der Waals surface area (Å²) in [5.74, 6) is 0.750. The Morgan fingerprint density at radius 3 is 2.48 bits per heavy atom. The maximum absolute atomic E-state index is 13.4. The zero-order valence-corrected chi connectivity index (χ0v) is 18.2. The van der Waals surface area contributed by atoms with Gasteiger partial charge in [-0.15, -0.1) is 0 Å². The fourth-order valence-electron chi connectivity index (χ4n) is 3.96. The van der Waals surface area contributed by atoms with Gasteiger partial charge in [0.15, 0.2) is 0 Å². The summed E-state index contributed by atoms with van der Waals surface area (Å²) in [5.41, 5.74) is 4.52. The highest BCUT2D eigenvalue weighted by atomic mass is 16.5. The normalized spacial score (nSPS) is 13.5. The number of nitrogens with zero attached hydrogens (tertiary/aromatic N) is 3. The third-order valence-corrected chi connectivity index (χ3v) is 5.71. The van der Waals surface area contributed by atoms with Gasteiger partial charge < -0.3 is 19.1 Å². The molecular formula is C25H29N3O3. The van der Waals surface area contributed by atoms with Crippen LogP contribution in [0, 0.1) is 6.92 Å². The molecule has 1 aliphatic heterocycles. The van der Waals surface area contributed by atoms with Crippen molar-refractivity contribution in [3.63, 3.8) is 0 Å². The first-order valence-electron chi connectivity index (χ1n) is 10.8. The lowest BCUT2D eigenvalue weighted by Gasteiger charge is -2.24. The van der Waals surface area contributed by atoms with Crippen LogP contribution in [0.1, 0.15) is 34.3 Å². The average molecular weight is 420 g/mol. The molecular weight excluding hydrogens is 390 g/mol. The molecule has 0 aliphatic carbocycles. The van der Waals surface area contributed by atoms with Crippen LogP contribution >= 0.6 is 0 Å². The number of hydrogen-bond acceptors (Lipinski definition) is 5. The number of aromatic nitrogens is 1. The Kier molecular flexibility index (Phi) is 6.67. The Morgan fingerprint density at radius 2 is 1.81 bits per heavy atom. The second-order valence-corrected chi connectivity index (χ2v) is 7.96. The summed E-state index contributed by atoms with van der Waals surface area (Å²) in [6.07, 6.45) is 2.27. The van der Waals surface area contributed by atoms with Crippen molar-refractivity contribution >= 4 is 11.8 Å². The quantitative estimate of drug-likeness (QED) is 0.537. The topological polar surface area (TPSA) is 58.8 Å². The van der Waals surface area contributed by atoms with Gasteiger partial charge in [-0.1, -0.05) is 53.2 Å². The van der Waals surface area contributed by atoms with E-state index in [4.69, 9.17) is 9.26 Å². The number of carbonyl (C=O) groups is 1. The molecule has 0 bridgehead atoms. The van der Waals surface area contributed by atoms with Gasteiger partial charge >= 0.3 is 0 Å². The molecule has 0 N–H and O–H groups in total. The van der Waals surface area contributed by atoms with E-state index in [1.807, 2.05) is 66.4 Å². The lowest BCUT2D eigenvalue weighted by molar-refractivity contribution is 0.0681. The van der Waals surface area contributed by atoms with E-state index < -0.39 is 0 Å². The minimum Gasteiger partial charge on any atom is -0.383 e. The summed E-state index contributed by atoms with van der Waals surface area (Å²) < 4.78 is 11.1. The SMILES string of the molecule is COCCN(Cc1c(-c2ccccc2)noc1N1CCCC1)C(=O)c1ccc(C)cc1. The first-order valence-corrected chi connectivity index (χ1v) is 10.8. The number of carbonyl (C=O) groups excluding carboxylic acids is 1. The van der Waals surface area contributed by atoms with E-state index in [1.165, 1.54) is 0 Å². The minimum absolute atomic E-state index is 0.0235. The molecule has 1 amide bonds. The second kappa shape index (κ2) is 9.79. The van der Waals surface area contributed by atoms with Crippen LogP contribution in [-0.2, 0) is 11.3 Å². The molecule has 1 saturated heterocycles. The van der Waals surface area contributed by atoms with E-state index in [0.717, 1.165) is 54.2 Å². The number of amides is 1. The number of aryl methyl sites for hydroxylation is 1. The number of methoxy groups -OCH3 is 1. The Hall–Kier alpha value is -3.12. The molecule has 1 aromatic heterocycles. The average Bonchev–Trinajstić information content (AvgIpc) is 3.47. The molecule has 0 saturated carbocycles. The number of ether oxygens (including phenoxy) is 1. The van der Waals surface area contributed by atoms with Crippen molar-refractivity contribution < 1.29 is 14.1 Å². The van der Waals surface area contributed by atoms with Crippen LogP contribution in [0.25, 0.3) is 11.3 Å². The third kappa shape index (κ3) is 4.80. The van der Waals surface area contributed by atoms with Crippen LogP contribution in [-0.4, -0.2) is 49.3 Å². The third-order valence-electron chi connectivity index (χ3n) is 5.71. The van der Waals surface area contributed by atoms with Gasteiger partial charge in [0.25, 0.3) is 5.91 Å². The first kappa shape index (κ1) is 21.1. The summed E-state index contributed by atoms with van der Waals surface area (Å²) >= 11 is 0. The van der Waals surface area contributed by atoms with Crippen molar-refractivity contribution in [3.8, 4) is 11.3 Å². The van der Waals surface area contributed by atoms with Crippen molar-refractivity contribution in [1.82, 2.24) is 10.1 Å². The van der Waals surface area contributed by atoms with Crippen molar-refractivity contribution in [3.05, 3.63) is 71.3 Å². The van der Waals surface area contributed by atoms with Crippen LogP contribution in [0.4, 0.5) is 5.88 Å². The molecule has 0 unspecified atom stereocenters. The molecule has 4 rings (SSSR count). The molecule has 6 nitrogen and oxygen atoms in total. The lowest BCUT2D eigenvalue weighted by atomic mass is 10.1. The molecule has 0 radical (unpaired) electrons. The monoisotopic (exact) mass is 419 g/mol. The first-order chi connectivity index (χ1) is 15.2. The van der Waals surface area contributed by atoms with E-state index in [1.54, 1.807) is 7.11 Å². The molecule has 3 aromatic rings. The predicted octanol–water partition coefficient (Wildman–Crippen LogP) is 4.54. The maximum atomic E-state index is 13.4. The van der Waals surface area contributed by atoms with Crippen molar-refractivity contribution in [2.24, 2.45) is 0 Å². The highest BCUT2D eigenvalue weighted by Crippen LogP contribution is 2.34. The standard InChI is InChI=1S/C25H29N3O3/c1-19-10-12-21(13-11-19)24(29)28(16-17-30-2)18-22-23(20-8-4-3-5-9-20)26-31-25(22)27-14-6-7-15-27/h3-5,8-13H,6-7,14-18H2,1-2H3. The van der Waals surface area contributed by atoms with Crippen molar-refractivity contribution in [1.29, 1.82) is 0 Å². The number of hydrogen-bond donors (Lipinski definition) is 0. The lowest BCUT2D eigenvalue weighted by Crippen LogP contribution is -2.34. The highest BCUT2D eigenvalue weighted by Gasteiger charge is 2.27. The van der Waals surface area contributed by atoms with Crippen molar-refractivity contribution in [2.45, 2.75) is 26.3 Å². The smallest absolute Gasteiger partial charge is 0.254 e. The van der Waals surface area contributed by atoms with Gasteiger partial charge in [0.2, 0.25) is 5.88 Å². The van der Waals surface area contributed by atoms with Gasteiger partial charge in [-0.2, -0.15) is 0 Å². The molecule has 2 heterocycles. The molecule has 0 atom stereocenters. The summed E-state index contributed by atoms with van der Waals surface area (Å²) in [7, 11) is 1.65. The van der Waals surface area contributed by atoms with Crippen LogP contribution in [0.2, 0.25) is 0 Å². The zero-order chi connectivity index (χ0) is 21.6. The molecule has 162 valence electrons. The minimum atomic E-state index is -0.0235. The maximum Gasteiger partial charge on any atom is 0.254 e. The van der Waals surface area contributed by atoms with Gasteiger partial charge in [-0.25, -0.2) is 0 Å². The Balaban J connectivity index is 1.70. The fraction of sp³-hybridized carbons (Fsp3) is 0.360. The predicted molar refractivity (Wildman–Crippen MR) is 121 cm³/mol. The van der Waals surface area contributed by atoms with Crippen LogP contribution in [0.3, 0.4) is 0 Å². The molecule has 2 aromatic carbocycles. The van der Waals surface area contributed by atoms with E-state index in [9.17, 15) is 4.79 Å². The molecule has 6 heteroatoms. The summed E-state index contributed by atoms with van der Waals surface area (Å²) in [6, 6.07) is 17.7. The Labute approximate surface area is 183 Å². The van der Waals surface area contributed by atoms with Gasteiger partial charge in [0.05, 0.1) is 18.7 Å². The number of rotatable bonds is 8. The Bertz CT molecular complexity index is 993.